The van der Waals surface area contributed by atoms with E-state index in [4.69, 9.17) is 4.74 Å². The third kappa shape index (κ3) is 7.45. The molecule has 0 aromatic heterocycles. The molecule has 0 saturated heterocycles. The number of hydrogen-bond donors (Lipinski definition) is 1. The first-order valence-electron chi connectivity index (χ1n) is 10.4. The number of nitrogens with zero attached hydrogens (tertiary/aromatic N) is 2. The van der Waals surface area contributed by atoms with Gasteiger partial charge in [0.1, 0.15) is 24.2 Å². The van der Waals surface area contributed by atoms with Crippen molar-refractivity contribution >= 4 is 27.5 Å². The third-order valence-electron chi connectivity index (χ3n) is 4.90. The Balaban J connectivity index is 2.36. The van der Waals surface area contributed by atoms with Crippen LogP contribution in [-0.2, 0) is 26.2 Å². The second-order valence-corrected chi connectivity index (χ2v) is 9.86. The van der Waals surface area contributed by atoms with E-state index in [0.29, 0.717) is 5.75 Å². The molecule has 1 N–H and O–H groups in total. The normalized spacial score (nSPS) is 12.2. The molecule has 0 aliphatic heterocycles. The molecule has 0 unspecified atom stereocenters. The molecule has 10 heteroatoms. The zero-order chi connectivity index (χ0) is 24.8. The predicted octanol–water partition coefficient (Wildman–Crippen LogP) is 2.54. The van der Waals surface area contributed by atoms with Crippen molar-refractivity contribution in [3.8, 4) is 5.75 Å². The average Bonchev–Trinajstić information content (AvgIpc) is 2.75. The fraction of sp³-hybridized carbons (Fsp3) is 0.391. The smallest absolute Gasteiger partial charge is 0.244 e. The maximum atomic E-state index is 13.3. The Morgan fingerprint density at radius 2 is 1.61 bits per heavy atom. The maximum absolute atomic E-state index is 13.3. The molecule has 0 bridgehead atoms. The van der Waals surface area contributed by atoms with Gasteiger partial charge < -0.3 is 15.0 Å². The Morgan fingerprint density at radius 3 is 2.09 bits per heavy atom. The van der Waals surface area contributed by atoms with Crippen LogP contribution in [0, 0.1) is 5.82 Å². The van der Waals surface area contributed by atoms with Crippen LogP contribution < -0.4 is 14.4 Å². The Labute approximate surface area is 194 Å². The van der Waals surface area contributed by atoms with Crippen molar-refractivity contribution in [3.05, 3.63) is 59.9 Å². The zero-order valence-corrected chi connectivity index (χ0v) is 20.2. The summed E-state index contributed by atoms with van der Waals surface area (Å²) < 4.78 is 44.2. The van der Waals surface area contributed by atoms with Crippen LogP contribution in [0.15, 0.2) is 48.5 Å². The summed E-state index contributed by atoms with van der Waals surface area (Å²) in [6.45, 7) is 4.73. The Kier molecular flexibility index (Phi) is 8.81. The van der Waals surface area contributed by atoms with E-state index < -0.39 is 34.3 Å². The van der Waals surface area contributed by atoms with Gasteiger partial charge in [-0.3, -0.25) is 13.9 Å². The highest BCUT2D eigenvalue weighted by molar-refractivity contribution is 7.92. The molecule has 0 saturated carbocycles. The lowest BCUT2D eigenvalue weighted by molar-refractivity contribution is -0.139. The molecule has 0 radical (unpaired) electrons. The number of hydrogen-bond acceptors (Lipinski definition) is 5. The minimum absolute atomic E-state index is 0.0799. The van der Waals surface area contributed by atoms with Gasteiger partial charge in [0.05, 0.1) is 19.1 Å². The van der Waals surface area contributed by atoms with Gasteiger partial charge in [-0.25, -0.2) is 12.8 Å². The first kappa shape index (κ1) is 26.1. The largest absolute Gasteiger partial charge is 0.497 e. The molecule has 0 aliphatic carbocycles. The second-order valence-electron chi connectivity index (χ2n) is 7.96. The van der Waals surface area contributed by atoms with Gasteiger partial charge >= 0.3 is 0 Å². The summed E-state index contributed by atoms with van der Waals surface area (Å²) in [6.07, 6.45) is 0.965. The number of benzene rings is 2. The molecular weight excluding hydrogens is 449 g/mol. The summed E-state index contributed by atoms with van der Waals surface area (Å²) in [5.74, 6) is -0.827. The number of carbonyl (C=O) groups is 2. The molecular formula is C23H30FN3O5S. The van der Waals surface area contributed by atoms with Gasteiger partial charge in [-0.05, 0) is 62.7 Å². The molecule has 2 amide bonds. The van der Waals surface area contributed by atoms with Crippen LogP contribution in [-0.4, -0.2) is 57.1 Å². The van der Waals surface area contributed by atoms with Crippen LogP contribution in [0.2, 0.25) is 0 Å². The van der Waals surface area contributed by atoms with Crippen molar-refractivity contribution < 1.29 is 27.1 Å². The van der Waals surface area contributed by atoms with E-state index in [9.17, 15) is 22.4 Å². The number of methoxy groups -OCH3 is 1. The highest BCUT2D eigenvalue weighted by atomic mass is 32.2. The van der Waals surface area contributed by atoms with E-state index in [1.807, 2.05) is 0 Å². The topological polar surface area (TPSA) is 96.0 Å². The quantitative estimate of drug-likeness (QED) is 0.565. The van der Waals surface area contributed by atoms with Gasteiger partial charge in [0.15, 0.2) is 0 Å². The Bertz CT molecular complexity index is 1060. The number of amides is 2. The zero-order valence-electron chi connectivity index (χ0n) is 19.4. The number of rotatable bonds is 10. The first-order valence-corrected chi connectivity index (χ1v) is 12.2. The molecule has 2 aromatic carbocycles. The maximum Gasteiger partial charge on any atom is 0.244 e. The van der Waals surface area contributed by atoms with Crippen LogP contribution in [0.25, 0.3) is 0 Å². The van der Waals surface area contributed by atoms with Gasteiger partial charge in [-0.15, -0.1) is 0 Å². The summed E-state index contributed by atoms with van der Waals surface area (Å²) in [7, 11) is -2.32. The number of sulfonamides is 1. The van der Waals surface area contributed by atoms with Crippen molar-refractivity contribution in [2.75, 3.05) is 24.2 Å². The molecule has 0 heterocycles. The van der Waals surface area contributed by atoms with E-state index >= 15 is 0 Å². The highest BCUT2D eigenvalue weighted by Gasteiger charge is 2.30. The molecule has 0 spiro atoms. The molecule has 0 aliphatic rings. The number of carbonyl (C=O) groups excluding carboxylic acids is 2. The standard InChI is InChI=1S/C23H30FN3O5S/c1-16(2)25-23(29)17(3)26(14-18-6-12-21(32-4)13-7-18)22(28)15-27(33(5,30)31)20-10-8-19(24)9-11-20/h6-13,16-17H,14-15H2,1-5H3,(H,25,29)/t17-/m1/s1. The minimum atomic E-state index is -3.86. The van der Waals surface area contributed by atoms with Crippen molar-refractivity contribution in [1.29, 1.82) is 0 Å². The predicted molar refractivity (Wildman–Crippen MR) is 125 cm³/mol. The number of halogens is 1. The van der Waals surface area contributed by atoms with Crippen molar-refractivity contribution in [2.45, 2.75) is 39.4 Å². The van der Waals surface area contributed by atoms with Gasteiger partial charge in [-0.2, -0.15) is 0 Å². The summed E-state index contributed by atoms with van der Waals surface area (Å²) in [5.41, 5.74) is 0.886. The lowest BCUT2D eigenvalue weighted by Gasteiger charge is -2.32. The molecule has 180 valence electrons. The van der Waals surface area contributed by atoms with Crippen LogP contribution in [0.5, 0.6) is 5.75 Å². The van der Waals surface area contributed by atoms with Crippen molar-refractivity contribution in [2.24, 2.45) is 0 Å². The van der Waals surface area contributed by atoms with Crippen molar-refractivity contribution in [1.82, 2.24) is 10.2 Å². The van der Waals surface area contributed by atoms with E-state index in [2.05, 4.69) is 5.32 Å². The summed E-state index contributed by atoms with van der Waals surface area (Å²) in [4.78, 5) is 27.3. The number of ether oxygens (including phenoxy) is 1. The summed E-state index contributed by atoms with van der Waals surface area (Å²) >= 11 is 0. The van der Waals surface area contributed by atoms with Gasteiger partial charge in [0.2, 0.25) is 21.8 Å². The fourth-order valence-corrected chi connectivity index (χ4v) is 3.99. The van der Waals surface area contributed by atoms with Crippen LogP contribution in [0.1, 0.15) is 26.3 Å². The summed E-state index contributed by atoms with van der Waals surface area (Å²) in [6, 6.07) is 10.8. The average molecular weight is 480 g/mol. The van der Waals surface area contributed by atoms with Gasteiger partial charge in [0.25, 0.3) is 0 Å². The molecule has 2 rings (SSSR count). The summed E-state index contributed by atoms with van der Waals surface area (Å²) in [5, 5.41) is 2.78. The van der Waals surface area contributed by atoms with E-state index in [1.54, 1.807) is 52.1 Å². The first-order chi connectivity index (χ1) is 15.4. The Hall–Kier alpha value is -3.14. The highest BCUT2D eigenvalue weighted by Crippen LogP contribution is 2.20. The van der Waals surface area contributed by atoms with Crippen LogP contribution in [0.4, 0.5) is 10.1 Å². The lowest BCUT2D eigenvalue weighted by Crippen LogP contribution is -2.52. The van der Waals surface area contributed by atoms with Crippen LogP contribution >= 0.6 is 0 Å². The Morgan fingerprint density at radius 1 is 1.03 bits per heavy atom. The van der Waals surface area contributed by atoms with E-state index in [1.165, 1.54) is 17.0 Å². The van der Waals surface area contributed by atoms with Crippen LogP contribution in [0.3, 0.4) is 0 Å². The molecule has 0 fully saturated rings. The van der Waals surface area contributed by atoms with Crippen molar-refractivity contribution in [3.63, 3.8) is 0 Å². The lowest BCUT2D eigenvalue weighted by atomic mass is 10.1. The monoisotopic (exact) mass is 479 g/mol. The van der Waals surface area contributed by atoms with Gasteiger partial charge in [-0.1, -0.05) is 12.1 Å². The molecule has 33 heavy (non-hydrogen) atoms. The van der Waals surface area contributed by atoms with Gasteiger partial charge in [0, 0.05) is 12.6 Å². The second kappa shape index (κ2) is 11.1. The minimum Gasteiger partial charge on any atom is -0.497 e. The molecule has 8 nitrogen and oxygen atoms in total. The SMILES string of the molecule is COc1ccc(CN(C(=O)CN(c2ccc(F)cc2)S(C)(=O)=O)[C@H](C)C(=O)NC(C)C)cc1. The molecule has 1 atom stereocenters. The fourth-order valence-electron chi connectivity index (χ4n) is 3.14. The molecule has 2 aromatic rings. The van der Waals surface area contributed by atoms with E-state index in [-0.39, 0.29) is 24.2 Å². The third-order valence-corrected chi connectivity index (χ3v) is 6.04. The number of nitrogens with one attached hydrogen (secondary N) is 1. The van der Waals surface area contributed by atoms with E-state index in [0.717, 1.165) is 28.3 Å². The number of anilines is 1.